The highest BCUT2D eigenvalue weighted by atomic mass is 16.5. The lowest BCUT2D eigenvalue weighted by molar-refractivity contribution is -0.143. The second kappa shape index (κ2) is 11.1. The van der Waals surface area contributed by atoms with Gasteiger partial charge in [0.1, 0.15) is 0 Å². The van der Waals surface area contributed by atoms with Crippen molar-refractivity contribution < 1.29 is 9.53 Å². The average Bonchev–Trinajstić information content (AvgIpc) is 2.25. The highest BCUT2D eigenvalue weighted by Crippen LogP contribution is 2.07. The third-order valence-electron chi connectivity index (χ3n) is 2.17. The summed E-state index contributed by atoms with van der Waals surface area (Å²) in [6.45, 7) is 2.56. The van der Waals surface area contributed by atoms with E-state index in [1.807, 2.05) is 6.92 Å². The highest BCUT2D eigenvalue weighted by molar-refractivity contribution is 5.69. The average molecular weight is 210 g/mol. The van der Waals surface area contributed by atoms with Gasteiger partial charge in [-0.25, -0.2) is 0 Å². The number of hydrogen-bond donors (Lipinski definition) is 0. The predicted octanol–water partition coefficient (Wildman–Crippen LogP) is 3.30. The van der Waals surface area contributed by atoms with E-state index in [-0.39, 0.29) is 5.97 Å². The van der Waals surface area contributed by atoms with Crippen molar-refractivity contribution in [1.29, 1.82) is 0 Å². The van der Waals surface area contributed by atoms with Crippen LogP contribution in [-0.2, 0) is 9.53 Å². The van der Waals surface area contributed by atoms with Crippen molar-refractivity contribution in [2.24, 2.45) is 0 Å². The molecule has 0 atom stereocenters. The van der Waals surface area contributed by atoms with E-state index < -0.39 is 0 Å². The Morgan fingerprint density at radius 3 is 2.53 bits per heavy atom. The molecule has 0 fully saturated rings. The van der Waals surface area contributed by atoms with Crippen molar-refractivity contribution in [3.8, 4) is 12.3 Å². The normalized spacial score (nSPS) is 9.60. The van der Waals surface area contributed by atoms with Crippen LogP contribution in [0.15, 0.2) is 0 Å². The van der Waals surface area contributed by atoms with Crippen molar-refractivity contribution in [3.63, 3.8) is 0 Å². The van der Waals surface area contributed by atoms with Crippen molar-refractivity contribution in [3.05, 3.63) is 0 Å². The first kappa shape index (κ1) is 14.0. The number of hydrogen-bond acceptors (Lipinski definition) is 2. The summed E-state index contributed by atoms with van der Waals surface area (Å²) in [5.41, 5.74) is 0. The Balaban J connectivity index is 3.10. The Labute approximate surface area is 93.4 Å². The largest absolute Gasteiger partial charge is 0.466 e. The molecule has 0 saturated heterocycles. The van der Waals surface area contributed by atoms with Crippen molar-refractivity contribution >= 4 is 5.97 Å². The van der Waals surface area contributed by atoms with E-state index in [0.29, 0.717) is 13.0 Å². The van der Waals surface area contributed by atoms with Gasteiger partial charge in [-0.05, 0) is 19.3 Å². The standard InChI is InChI=1S/C13H22O2/c1-3-5-6-7-8-9-10-11-13(14)15-12-4-2/h1H,4-12H2,2H3. The van der Waals surface area contributed by atoms with Crippen LogP contribution < -0.4 is 0 Å². The number of ether oxygens (including phenoxy) is 1. The Bertz CT molecular complexity index is 191. The van der Waals surface area contributed by atoms with Crippen LogP contribution >= 0.6 is 0 Å². The minimum atomic E-state index is -0.0551. The van der Waals surface area contributed by atoms with E-state index in [1.165, 1.54) is 12.8 Å². The zero-order chi connectivity index (χ0) is 11.4. The second-order valence-corrected chi connectivity index (χ2v) is 3.69. The molecule has 2 heteroatoms. The molecule has 0 aliphatic carbocycles. The summed E-state index contributed by atoms with van der Waals surface area (Å²) in [7, 11) is 0. The van der Waals surface area contributed by atoms with Gasteiger partial charge >= 0.3 is 5.97 Å². The van der Waals surface area contributed by atoms with Crippen LogP contribution in [0.25, 0.3) is 0 Å². The molecule has 0 rings (SSSR count). The van der Waals surface area contributed by atoms with Gasteiger partial charge in [0.15, 0.2) is 0 Å². The number of carbonyl (C=O) groups excluding carboxylic acids is 1. The molecule has 0 aromatic heterocycles. The molecule has 0 aromatic carbocycles. The SMILES string of the molecule is C#CCCCCCCCC(=O)OCCC. The summed E-state index contributed by atoms with van der Waals surface area (Å²) in [6, 6.07) is 0. The quantitative estimate of drug-likeness (QED) is 0.331. The summed E-state index contributed by atoms with van der Waals surface area (Å²) in [5, 5.41) is 0. The first-order valence-electron chi connectivity index (χ1n) is 5.90. The summed E-state index contributed by atoms with van der Waals surface area (Å²) in [5.74, 6) is 2.57. The van der Waals surface area contributed by atoms with Crippen LogP contribution in [0.4, 0.5) is 0 Å². The molecule has 2 nitrogen and oxygen atoms in total. The van der Waals surface area contributed by atoms with Gasteiger partial charge in [0, 0.05) is 12.8 Å². The monoisotopic (exact) mass is 210 g/mol. The van der Waals surface area contributed by atoms with E-state index >= 15 is 0 Å². The fourth-order valence-corrected chi connectivity index (χ4v) is 1.31. The number of carbonyl (C=O) groups is 1. The Morgan fingerprint density at radius 1 is 1.20 bits per heavy atom. The van der Waals surface area contributed by atoms with E-state index in [1.54, 1.807) is 0 Å². The van der Waals surface area contributed by atoms with Crippen molar-refractivity contribution in [2.45, 2.75) is 58.3 Å². The van der Waals surface area contributed by atoms with Crippen LogP contribution in [-0.4, -0.2) is 12.6 Å². The first-order valence-corrected chi connectivity index (χ1v) is 5.90. The molecular weight excluding hydrogens is 188 g/mol. The van der Waals surface area contributed by atoms with Crippen molar-refractivity contribution in [1.82, 2.24) is 0 Å². The van der Waals surface area contributed by atoms with Gasteiger partial charge in [0.05, 0.1) is 6.61 Å². The Hall–Kier alpha value is -0.970. The molecule has 0 amide bonds. The summed E-state index contributed by atoms with van der Waals surface area (Å²) >= 11 is 0. The highest BCUT2D eigenvalue weighted by Gasteiger charge is 2.00. The van der Waals surface area contributed by atoms with Crippen LogP contribution in [0.1, 0.15) is 58.3 Å². The predicted molar refractivity (Wildman–Crippen MR) is 62.4 cm³/mol. The maximum absolute atomic E-state index is 11.1. The third kappa shape index (κ3) is 11.0. The zero-order valence-corrected chi connectivity index (χ0v) is 9.76. The molecule has 0 spiro atoms. The van der Waals surface area contributed by atoms with Crippen LogP contribution in [0, 0.1) is 12.3 Å². The lowest BCUT2D eigenvalue weighted by atomic mass is 10.1. The van der Waals surface area contributed by atoms with E-state index in [4.69, 9.17) is 11.2 Å². The van der Waals surface area contributed by atoms with Gasteiger partial charge in [-0.2, -0.15) is 0 Å². The molecule has 0 unspecified atom stereocenters. The summed E-state index contributed by atoms with van der Waals surface area (Å²) in [6.07, 6.45) is 13.0. The van der Waals surface area contributed by atoms with Crippen LogP contribution in [0.3, 0.4) is 0 Å². The minimum absolute atomic E-state index is 0.0551. The molecule has 0 aliphatic rings. The maximum Gasteiger partial charge on any atom is 0.305 e. The van der Waals surface area contributed by atoms with E-state index in [2.05, 4.69) is 5.92 Å². The van der Waals surface area contributed by atoms with E-state index in [9.17, 15) is 4.79 Å². The minimum Gasteiger partial charge on any atom is -0.466 e. The smallest absolute Gasteiger partial charge is 0.305 e. The number of esters is 1. The summed E-state index contributed by atoms with van der Waals surface area (Å²) < 4.78 is 4.97. The third-order valence-corrected chi connectivity index (χ3v) is 2.17. The summed E-state index contributed by atoms with van der Waals surface area (Å²) in [4.78, 5) is 11.1. The molecule has 0 N–H and O–H groups in total. The molecule has 0 radical (unpaired) electrons. The van der Waals surface area contributed by atoms with Crippen LogP contribution in [0.2, 0.25) is 0 Å². The topological polar surface area (TPSA) is 26.3 Å². The Morgan fingerprint density at radius 2 is 1.87 bits per heavy atom. The molecule has 0 bridgehead atoms. The maximum atomic E-state index is 11.1. The molecule has 0 aromatic rings. The lowest BCUT2D eigenvalue weighted by Gasteiger charge is -2.02. The second-order valence-electron chi connectivity index (χ2n) is 3.69. The number of unbranched alkanes of at least 4 members (excludes halogenated alkanes) is 5. The van der Waals surface area contributed by atoms with Gasteiger partial charge in [-0.15, -0.1) is 12.3 Å². The van der Waals surface area contributed by atoms with Gasteiger partial charge in [-0.1, -0.05) is 26.2 Å². The van der Waals surface area contributed by atoms with Crippen molar-refractivity contribution in [2.75, 3.05) is 6.61 Å². The van der Waals surface area contributed by atoms with Gasteiger partial charge < -0.3 is 4.74 Å². The zero-order valence-electron chi connectivity index (χ0n) is 9.76. The lowest BCUT2D eigenvalue weighted by Crippen LogP contribution is -2.04. The van der Waals surface area contributed by atoms with Gasteiger partial charge in [-0.3, -0.25) is 4.79 Å². The van der Waals surface area contributed by atoms with Crippen LogP contribution in [0.5, 0.6) is 0 Å². The van der Waals surface area contributed by atoms with E-state index in [0.717, 1.165) is 32.1 Å². The van der Waals surface area contributed by atoms with Gasteiger partial charge in [0.2, 0.25) is 0 Å². The molecule has 0 heterocycles. The number of terminal acetylenes is 1. The van der Waals surface area contributed by atoms with Gasteiger partial charge in [0.25, 0.3) is 0 Å². The first-order chi connectivity index (χ1) is 7.31. The molecule has 86 valence electrons. The fraction of sp³-hybridized carbons (Fsp3) is 0.769. The molecule has 0 saturated carbocycles. The Kier molecular flexibility index (Phi) is 10.4. The number of rotatable bonds is 9. The molecule has 0 aliphatic heterocycles. The molecular formula is C13H22O2. The fourth-order valence-electron chi connectivity index (χ4n) is 1.31. The molecule has 15 heavy (non-hydrogen) atoms.